The molecule has 3 nitrogen and oxygen atoms in total. The van der Waals surface area contributed by atoms with Crippen molar-refractivity contribution in [1.82, 2.24) is 9.55 Å². The van der Waals surface area contributed by atoms with Crippen LogP contribution >= 0.6 is 0 Å². The molecule has 0 atom stereocenters. The number of nitrogens with zero attached hydrogens (tertiary/aromatic N) is 2. The van der Waals surface area contributed by atoms with E-state index in [1.807, 2.05) is 17.8 Å². The molecular formula is C6H10N2O. The van der Waals surface area contributed by atoms with E-state index in [0.29, 0.717) is 6.61 Å². The van der Waals surface area contributed by atoms with Crippen LogP contribution in [0.1, 0.15) is 5.69 Å². The van der Waals surface area contributed by atoms with Gasteiger partial charge >= 0.3 is 0 Å². The topological polar surface area (TPSA) is 27.1 Å². The first-order chi connectivity index (χ1) is 4.33. The fraction of sp³-hybridized carbons (Fsp3) is 0.500. The van der Waals surface area contributed by atoms with Gasteiger partial charge in [-0.3, -0.25) is 0 Å². The monoisotopic (exact) mass is 126 g/mol. The quantitative estimate of drug-likeness (QED) is 0.579. The van der Waals surface area contributed by atoms with Gasteiger partial charge in [-0.15, -0.1) is 0 Å². The Morgan fingerprint density at radius 2 is 2.56 bits per heavy atom. The van der Waals surface area contributed by atoms with Gasteiger partial charge in [0.1, 0.15) is 0 Å². The highest BCUT2D eigenvalue weighted by Crippen LogP contribution is 1.93. The van der Waals surface area contributed by atoms with Crippen molar-refractivity contribution in [3.05, 3.63) is 18.2 Å². The van der Waals surface area contributed by atoms with E-state index in [1.165, 1.54) is 0 Å². The van der Waals surface area contributed by atoms with E-state index in [4.69, 9.17) is 4.74 Å². The van der Waals surface area contributed by atoms with E-state index < -0.39 is 0 Å². The first-order valence-electron chi connectivity index (χ1n) is 2.78. The van der Waals surface area contributed by atoms with Gasteiger partial charge in [-0.05, 0) is 0 Å². The summed E-state index contributed by atoms with van der Waals surface area (Å²) in [6.45, 7) is 0.598. The average molecular weight is 126 g/mol. The Balaban J connectivity index is 2.61. The van der Waals surface area contributed by atoms with E-state index in [0.717, 1.165) is 5.69 Å². The molecule has 1 heterocycles. The third-order valence-corrected chi connectivity index (χ3v) is 1.05. The zero-order valence-corrected chi connectivity index (χ0v) is 5.66. The summed E-state index contributed by atoms with van der Waals surface area (Å²) in [5.74, 6) is 0. The molecule has 1 rings (SSSR count). The smallest absolute Gasteiger partial charge is 0.0947 e. The minimum absolute atomic E-state index is 0.598. The van der Waals surface area contributed by atoms with Crippen molar-refractivity contribution in [3.63, 3.8) is 0 Å². The molecule has 0 radical (unpaired) electrons. The Morgan fingerprint density at radius 1 is 1.78 bits per heavy atom. The summed E-state index contributed by atoms with van der Waals surface area (Å²) in [6.07, 6.45) is 3.69. The summed E-state index contributed by atoms with van der Waals surface area (Å²) in [4.78, 5) is 4.04. The standard InChI is InChI=1S/C6H10N2O/c1-8-3-6(4-9-2)7-5-8/h3,5H,4H2,1-2H3. The zero-order chi connectivity index (χ0) is 6.69. The van der Waals surface area contributed by atoms with Crippen LogP contribution in [0.5, 0.6) is 0 Å². The van der Waals surface area contributed by atoms with Crippen LogP contribution in [-0.2, 0) is 18.4 Å². The van der Waals surface area contributed by atoms with E-state index in [9.17, 15) is 0 Å². The van der Waals surface area contributed by atoms with E-state index in [2.05, 4.69) is 4.98 Å². The molecule has 9 heavy (non-hydrogen) atoms. The number of rotatable bonds is 2. The molecule has 0 aromatic carbocycles. The van der Waals surface area contributed by atoms with Crippen LogP contribution in [0, 0.1) is 0 Å². The van der Waals surface area contributed by atoms with E-state index in [1.54, 1.807) is 13.4 Å². The van der Waals surface area contributed by atoms with Crippen molar-refractivity contribution in [2.45, 2.75) is 6.61 Å². The van der Waals surface area contributed by atoms with Crippen molar-refractivity contribution < 1.29 is 4.74 Å². The number of hydrogen-bond donors (Lipinski definition) is 0. The minimum atomic E-state index is 0.598. The maximum Gasteiger partial charge on any atom is 0.0947 e. The molecule has 0 amide bonds. The largest absolute Gasteiger partial charge is 0.378 e. The van der Waals surface area contributed by atoms with Gasteiger partial charge in [0.15, 0.2) is 0 Å². The highest BCUT2D eigenvalue weighted by Gasteiger charge is 1.91. The van der Waals surface area contributed by atoms with Crippen molar-refractivity contribution in [2.75, 3.05) is 7.11 Å². The van der Waals surface area contributed by atoms with Crippen molar-refractivity contribution in [3.8, 4) is 0 Å². The zero-order valence-electron chi connectivity index (χ0n) is 5.66. The Labute approximate surface area is 54.3 Å². The molecule has 0 N–H and O–H groups in total. The van der Waals surface area contributed by atoms with Crippen LogP contribution < -0.4 is 0 Å². The molecular weight excluding hydrogens is 116 g/mol. The summed E-state index contributed by atoms with van der Waals surface area (Å²) in [6, 6.07) is 0. The molecule has 1 aromatic rings. The third kappa shape index (κ3) is 1.54. The van der Waals surface area contributed by atoms with Gasteiger partial charge < -0.3 is 9.30 Å². The number of hydrogen-bond acceptors (Lipinski definition) is 2. The molecule has 0 aliphatic carbocycles. The highest BCUT2D eigenvalue weighted by molar-refractivity contribution is 4.93. The van der Waals surface area contributed by atoms with Gasteiger partial charge in [0, 0.05) is 20.4 Å². The van der Waals surface area contributed by atoms with Crippen molar-refractivity contribution in [2.24, 2.45) is 7.05 Å². The Hall–Kier alpha value is -0.830. The lowest BCUT2D eigenvalue weighted by atomic mass is 10.5. The van der Waals surface area contributed by atoms with Crippen LogP contribution in [-0.4, -0.2) is 16.7 Å². The molecule has 0 fully saturated rings. The van der Waals surface area contributed by atoms with Gasteiger partial charge in [-0.2, -0.15) is 0 Å². The van der Waals surface area contributed by atoms with Crippen LogP contribution in [0.3, 0.4) is 0 Å². The summed E-state index contributed by atoms with van der Waals surface area (Å²) in [5, 5.41) is 0. The van der Waals surface area contributed by atoms with Crippen LogP contribution in [0.2, 0.25) is 0 Å². The van der Waals surface area contributed by atoms with Crippen molar-refractivity contribution in [1.29, 1.82) is 0 Å². The molecule has 0 aliphatic heterocycles. The second-order valence-electron chi connectivity index (χ2n) is 1.96. The Bertz CT molecular complexity index is 183. The maximum atomic E-state index is 4.87. The highest BCUT2D eigenvalue weighted by atomic mass is 16.5. The number of aryl methyl sites for hydroxylation is 1. The molecule has 0 aliphatic rings. The average Bonchev–Trinajstić information content (AvgIpc) is 2.17. The van der Waals surface area contributed by atoms with Gasteiger partial charge in [-0.25, -0.2) is 4.98 Å². The predicted octanol–water partition coefficient (Wildman–Crippen LogP) is 0.567. The molecule has 1 aromatic heterocycles. The summed E-state index contributed by atoms with van der Waals surface area (Å²) in [5.41, 5.74) is 0.972. The lowest BCUT2D eigenvalue weighted by Crippen LogP contribution is -1.85. The van der Waals surface area contributed by atoms with Crippen molar-refractivity contribution >= 4 is 0 Å². The molecule has 50 valence electrons. The molecule has 0 unspecified atom stereocenters. The Morgan fingerprint density at radius 3 is 3.00 bits per heavy atom. The van der Waals surface area contributed by atoms with Gasteiger partial charge in [0.25, 0.3) is 0 Å². The summed E-state index contributed by atoms with van der Waals surface area (Å²) in [7, 11) is 3.60. The SMILES string of the molecule is COCc1cn(C)cn1. The fourth-order valence-electron chi connectivity index (χ4n) is 0.689. The number of methoxy groups -OCH3 is 1. The first kappa shape index (κ1) is 6.29. The number of ether oxygens (including phenoxy) is 1. The van der Waals surface area contributed by atoms with Gasteiger partial charge in [-0.1, -0.05) is 0 Å². The Kier molecular flexibility index (Phi) is 1.85. The summed E-state index contributed by atoms with van der Waals surface area (Å²) >= 11 is 0. The minimum Gasteiger partial charge on any atom is -0.378 e. The van der Waals surface area contributed by atoms with Gasteiger partial charge in [0.05, 0.1) is 18.6 Å². The molecule has 0 saturated carbocycles. The number of imidazole rings is 1. The molecule has 0 spiro atoms. The number of aromatic nitrogens is 2. The van der Waals surface area contributed by atoms with Crippen LogP contribution in [0.4, 0.5) is 0 Å². The van der Waals surface area contributed by atoms with Crippen LogP contribution in [0.25, 0.3) is 0 Å². The van der Waals surface area contributed by atoms with E-state index >= 15 is 0 Å². The molecule has 0 bridgehead atoms. The first-order valence-corrected chi connectivity index (χ1v) is 2.78. The normalized spacial score (nSPS) is 10.0. The second-order valence-corrected chi connectivity index (χ2v) is 1.96. The molecule has 3 heteroatoms. The lowest BCUT2D eigenvalue weighted by Gasteiger charge is -1.89. The maximum absolute atomic E-state index is 4.87. The van der Waals surface area contributed by atoms with Gasteiger partial charge in [0.2, 0.25) is 0 Å². The van der Waals surface area contributed by atoms with E-state index in [-0.39, 0.29) is 0 Å². The fourth-order valence-corrected chi connectivity index (χ4v) is 0.689. The summed E-state index contributed by atoms with van der Waals surface area (Å²) < 4.78 is 6.76. The van der Waals surface area contributed by atoms with Crippen LogP contribution in [0.15, 0.2) is 12.5 Å². The second kappa shape index (κ2) is 2.64. The lowest BCUT2D eigenvalue weighted by molar-refractivity contribution is 0.182. The third-order valence-electron chi connectivity index (χ3n) is 1.05. The predicted molar refractivity (Wildman–Crippen MR) is 33.9 cm³/mol. The molecule has 0 saturated heterocycles.